The van der Waals surface area contributed by atoms with Crippen LogP contribution in [0.3, 0.4) is 0 Å². The smallest absolute Gasteiger partial charge is 0.278 e. The van der Waals surface area contributed by atoms with Gasteiger partial charge in [-0.25, -0.2) is 8.78 Å². The number of aromatic amines is 1. The summed E-state index contributed by atoms with van der Waals surface area (Å²) in [5, 5.41) is 12.6. The van der Waals surface area contributed by atoms with E-state index in [-0.39, 0.29) is 11.6 Å². The summed E-state index contributed by atoms with van der Waals surface area (Å²) in [6.45, 7) is 1.94. The van der Waals surface area contributed by atoms with Crippen LogP contribution in [-0.2, 0) is 11.8 Å². The number of nitrogens with one attached hydrogen (secondary N) is 2. The Labute approximate surface area is 143 Å². The van der Waals surface area contributed by atoms with Crippen LogP contribution in [0.15, 0.2) is 18.3 Å². The van der Waals surface area contributed by atoms with Crippen LogP contribution in [0.5, 0.6) is 5.88 Å². The fourth-order valence-corrected chi connectivity index (χ4v) is 1.95. The largest absolute Gasteiger partial charge is 0.470 e. The van der Waals surface area contributed by atoms with Gasteiger partial charge in [0, 0.05) is 39.3 Å². The van der Waals surface area contributed by atoms with E-state index < -0.39 is 18.4 Å². The van der Waals surface area contributed by atoms with Crippen molar-refractivity contribution in [1.82, 2.24) is 20.0 Å². The third-order valence-electron chi connectivity index (χ3n) is 3.14. The zero-order valence-electron chi connectivity index (χ0n) is 14.1. The predicted molar refractivity (Wildman–Crippen MR) is 85.9 cm³/mol. The molecule has 0 spiro atoms. The van der Waals surface area contributed by atoms with E-state index in [1.165, 1.54) is 36.8 Å². The normalized spacial score (nSPS) is 13.9. The molecule has 10 heteroatoms. The quantitative estimate of drug-likeness (QED) is 0.856. The van der Waals surface area contributed by atoms with Gasteiger partial charge < -0.3 is 14.8 Å². The van der Waals surface area contributed by atoms with Gasteiger partial charge in [0.15, 0.2) is 6.61 Å². The number of H-pyrrole nitrogens is 1. The number of ether oxygens (including phenoxy) is 2. The molecule has 3 heterocycles. The summed E-state index contributed by atoms with van der Waals surface area (Å²) in [6.07, 6.45) is 4.04. The Morgan fingerprint density at radius 1 is 1.48 bits per heavy atom. The van der Waals surface area contributed by atoms with Gasteiger partial charge in [-0.2, -0.15) is 5.10 Å². The molecule has 2 aromatic rings. The van der Waals surface area contributed by atoms with Gasteiger partial charge in [0.25, 0.3) is 11.8 Å². The lowest BCUT2D eigenvalue weighted by Crippen LogP contribution is -2.21. The number of hydrogen-bond acceptors (Lipinski definition) is 5. The molecule has 0 saturated carbocycles. The molecule has 1 saturated heterocycles. The Morgan fingerprint density at radius 2 is 2.20 bits per heavy atom. The number of amides is 1. The van der Waals surface area contributed by atoms with Gasteiger partial charge in [0.2, 0.25) is 5.88 Å². The van der Waals surface area contributed by atoms with E-state index >= 15 is 0 Å². The van der Waals surface area contributed by atoms with Gasteiger partial charge in [0.05, 0.1) is 6.20 Å². The van der Waals surface area contributed by atoms with Crippen molar-refractivity contribution < 1.29 is 23.0 Å². The Kier molecular flexibility index (Phi) is 6.45. The zero-order chi connectivity index (χ0) is 18.3. The topological polar surface area (TPSA) is 94.1 Å². The first-order valence-electron chi connectivity index (χ1n) is 7.78. The van der Waals surface area contributed by atoms with E-state index in [0.29, 0.717) is 5.82 Å². The summed E-state index contributed by atoms with van der Waals surface area (Å²) in [5.74, 6) is -3.04. The van der Waals surface area contributed by atoms with E-state index in [4.69, 9.17) is 9.47 Å². The minimum absolute atomic E-state index is 0.0382. The molecule has 1 aliphatic rings. The Bertz CT molecular complexity index is 656. The summed E-state index contributed by atoms with van der Waals surface area (Å²) in [6, 6.07) is 2.86. The number of carbonyl (C=O) groups is 1. The number of rotatable bonds is 5. The number of nitrogens with zero attached hydrogens (tertiary/aromatic N) is 3. The van der Waals surface area contributed by atoms with Crippen molar-refractivity contribution in [3.8, 4) is 5.88 Å². The van der Waals surface area contributed by atoms with E-state index in [1.54, 1.807) is 6.07 Å². The summed E-state index contributed by atoms with van der Waals surface area (Å²) in [5.41, 5.74) is 0.175. The van der Waals surface area contributed by atoms with Crippen molar-refractivity contribution in [2.45, 2.75) is 25.7 Å². The van der Waals surface area contributed by atoms with Crippen molar-refractivity contribution in [3.63, 3.8) is 0 Å². The number of halogens is 2. The number of aromatic nitrogens is 4. The standard InChI is InChI=1S/C11H13F2N5O2.C4H8O/c1-11(12,13)6-20-9-5-7(18(2)17-9)10(19)15-8-3-4-14-16-8;1-2-4-5-3-1/h3-5H,6H2,1-2H3,(H2,14,15,16,19);1-4H2. The summed E-state index contributed by atoms with van der Waals surface area (Å²) >= 11 is 0. The lowest BCUT2D eigenvalue weighted by molar-refractivity contribution is -0.0243. The molecule has 3 rings (SSSR count). The van der Waals surface area contributed by atoms with Gasteiger partial charge in [-0.1, -0.05) is 0 Å². The number of anilines is 1. The number of alkyl halides is 2. The van der Waals surface area contributed by atoms with E-state index in [0.717, 1.165) is 20.1 Å². The van der Waals surface area contributed by atoms with Gasteiger partial charge >= 0.3 is 0 Å². The fourth-order valence-electron chi connectivity index (χ4n) is 1.95. The van der Waals surface area contributed by atoms with Crippen LogP contribution in [0.4, 0.5) is 14.6 Å². The first-order chi connectivity index (χ1) is 11.8. The first-order valence-corrected chi connectivity index (χ1v) is 7.78. The molecule has 0 atom stereocenters. The number of aryl methyl sites for hydroxylation is 1. The highest BCUT2D eigenvalue weighted by atomic mass is 19.3. The maximum atomic E-state index is 12.7. The molecule has 1 fully saturated rings. The maximum absolute atomic E-state index is 12.7. The molecule has 0 aromatic carbocycles. The molecular formula is C15H21F2N5O3. The van der Waals surface area contributed by atoms with Crippen LogP contribution in [0.2, 0.25) is 0 Å². The van der Waals surface area contributed by atoms with E-state index in [1.807, 2.05) is 0 Å². The zero-order valence-corrected chi connectivity index (χ0v) is 14.1. The molecule has 0 unspecified atom stereocenters. The molecule has 2 aromatic heterocycles. The third-order valence-corrected chi connectivity index (χ3v) is 3.14. The Balaban J connectivity index is 0.000000386. The molecule has 1 aliphatic heterocycles. The predicted octanol–water partition coefficient (Wildman–Crippen LogP) is 2.23. The maximum Gasteiger partial charge on any atom is 0.278 e. The summed E-state index contributed by atoms with van der Waals surface area (Å²) in [4.78, 5) is 11.9. The molecule has 8 nitrogen and oxygen atoms in total. The molecule has 0 aliphatic carbocycles. The van der Waals surface area contributed by atoms with Crippen LogP contribution >= 0.6 is 0 Å². The molecule has 2 N–H and O–H groups in total. The molecule has 138 valence electrons. The highest BCUT2D eigenvalue weighted by Gasteiger charge is 2.23. The van der Waals surface area contributed by atoms with Crippen molar-refractivity contribution in [3.05, 3.63) is 24.0 Å². The van der Waals surface area contributed by atoms with Crippen molar-refractivity contribution >= 4 is 11.7 Å². The molecule has 25 heavy (non-hydrogen) atoms. The average molecular weight is 357 g/mol. The highest BCUT2D eigenvalue weighted by Crippen LogP contribution is 2.17. The first kappa shape index (κ1) is 18.8. The highest BCUT2D eigenvalue weighted by molar-refractivity contribution is 6.02. The van der Waals surface area contributed by atoms with Crippen molar-refractivity contribution in [2.24, 2.45) is 7.05 Å². The average Bonchev–Trinajstić information content (AvgIpc) is 3.28. The Morgan fingerprint density at radius 3 is 2.72 bits per heavy atom. The van der Waals surface area contributed by atoms with Crippen LogP contribution in [0, 0.1) is 0 Å². The lowest BCUT2D eigenvalue weighted by Gasteiger charge is -2.09. The second-order valence-corrected chi connectivity index (χ2v) is 5.59. The molecule has 0 radical (unpaired) electrons. The molecule has 0 bridgehead atoms. The van der Waals surface area contributed by atoms with E-state index in [9.17, 15) is 13.6 Å². The Hall–Kier alpha value is -2.49. The van der Waals surface area contributed by atoms with Crippen molar-refractivity contribution in [1.29, 1.82) is 0 Å². The third kappa shape index (κ3) is 6.49. The van der Waals surface area contributed by atoms with Gasteiger partial charge in [-0.3, -0.25) is 14.6 Å². The number of carbonyl (C=O) groups excluding carboxylic acids is 1. The fraction of sp³-hybridized carbons (Fsp3) is 0.533. The SMILES string of the molecule is C1CCOC1.Cn1nc(OCC(C)(F)F)cc1C(=O)Nc1ccn[nH]1. The van der Waals surface area contributed by atoms with Gasteiger partial charge in [0.1, 0.15) is 11.5 Å². The van der Waals surface area contributed by atoms with Crippen LogP contribution in [0.1, 0.15) is 30.3 Å². The second kappa shape index (κ2) is 8.56. The van der Waals surface area contributed by atoms with Crippen LogP contribution in [0.25, 0.3) is 0 Å². The minimum atomic E-state index is -2.96. The van der Waals surface area contributed by atoms with Crippen molar-refractivity contribution in [2.75, 3.05) is 25.1 Å². The summed E-state index contributed by atoms with van der Waals surface area (Å²) in [7, 11) is 1.51. The van der Waals surface area contributed by atoms with Gasteiger partial charge in [-0.05, 0) is 12.8 Å². The van der Waals surface area contributed by atoms with Crippen LogP contribution < -0.4 is 10.1 Å². The second-order valence-electron chi connectivity index (χ2n) is 5.59. The number of hydrogen-bond donors (Lipinski definition) is 2. The van der Waals surface area contributed by atoms with Gasteiger partial charge in [-0.15, -0.1) is 5.10 Å². The molecular weight excluding hydrogens is 336 g/mol. The monoisotopic (exact) mass is 357 g/mol. The summed E-state index contributed by atoms with van der Waals surface area (Å²) < 4.78 is 36.4. The van der Waals surface area contributed by atoms with E-state index in [2.05, 4.69) is 20.6 Å². The lowest BCUT2D eigenvalue weighted by atomic mass is 10.4. The minimum Gasteiger partial charge on any atom is -0.470 e. The van der Waals surface area contributed by atoms with Crippen LogP contribution in [-0.4, -0.2) is 51.6 Å². The molecule has 1 amide bonds.